The zero-order valence-electron chi connectivity index (χ0n) is 14.1. The lowest BCUT2D eigenvalue weighted by Gasteiger charge is -2.46. The molecule has 3 rings (SSSR count). The summed E-state index contributed by atoms with van der Waals surface area (Å²) in [5, 5.41) is 5.18. The van der Waals surface area contributed by atoms with Crippen molar-refractivity contribution in [3.05, 3.63) is 59.9 Å². The van der Waals surface area contributed by atoms with Gasteiger partial charge in [0.25, 0.3) is 0 Å². The Bertz CT molecular complexity index is 795. The molecule has 0 saturated carbocycles. The molecule has 1 heterocycles. The van der Waals surface area contributed by atoms with Gasteiger partial charge in [-0.15, -0.1) is 0 Å². The normalized spacial score (nSPS) is 19.1. The fourth-order valence-electron chi connectivity index (χ4n) is 3.15. The zero-order chi connectivity index (χ0) is 18.0. The van der Waals surface area contributed by atoms with E-state index in [1.165, 1.54) is 25.1 Å². The standard InChI is InChI=1S/C19H20FN3O2/c1-12-11-23(18(12)14-6-4-3-5-7-14)19(25)22-17-10-15(21-13(2)24)8-9-16(17)20/h3-10,12,18H,11H2,1-2H3,(H,21,24)(H,22,25)/t12-,18+/m1/s1. The van der Waals surface area contributed by atoms with E-state index in [-0.39, 0.29) is 23.7 Å². The molecule has 0 aliphatic carbocycles. The van der Waals surface area contributed by atoms with E-state index in [1.807, 2.05) is 30.3 Å². The second-order valence-electron chi connectivity index (χ2n) is 6.29. The highest BCUT2D eigenvalue weighted by Gasteiger charge is 2.40. The van der Waals surface area contributed by atoms with E-state index >= 15 is 0 Å². The van der Waals surface area contributed by atoms with Gasteiger partial charge in [-0.25, -0.2) is 9.18 Å². The molecule has 1 aliphatic rings. The Balaban J connectivity index is 1.75. The van der Waals surface area contributed by atoms with E-state index in [0.717, 1.165) is 5.56 Å². The molecule has 2 N–H and O–H groups in total. The predicted octanol–water partition coefficient (Wildman–Crippen LogP) is 4.01. The molecule has 0 radical (unpaired) electrons. The number of carbonyl (C=O) groups is 2. The second-order valence-corrected chi connectivity index (χ2v) is 6.29. The summed E-state index contributed by atoms with van der Waals surface area (Å²) in [6.45, 7) is 4.06. The molecule has 6 heteroatoms. The maximum absolute atomic E-state index is 14.0. The van der Waals surface area contributed by atoms with Crippen molar-refractivity contribution < 1.29 is 14.0 Å². The van der Waals surface area contributed by atoms with Crippen molar-refractivity contribution in [2.45, 2.75) is 19.9 Å². The van der Waals surface area contributed by atoms with E-state index in [9.17, 15) is 14.0 Å². The molecule has 2 atom stereocenters. The lowest BCUT2D eigenvalue weighted by Crippen LogP contribution is -2.53. The van der Waals surface area contributed by atoms with Gasteiger partial charge in [0.1, 0.15) is 5.82 Å². The molecular weight excluding hydrogens is 321 g/mol. The molecule has 130 valence electrons. The van der Waals surface area contributed by atoms with Crippen LogP contribution in [0.25, 0.3) is 0 Å². The van der Waals surface area contributed by atoms with Crippen LogP contribution in [0.2, 0.25) is 0 Å². The lowest BCUT2D eigenvalue weighted by molar-refractivity contribution is -0.114. The van der Waals surface area contributed by atoms with Crippen LogP contribution in [0.4, 0.5) is 20.6 Å². The molecule has 0 bridgehead atoms. The number of amides is 3. The van der Waals surface area contributed by atoms with Gasteiger partial charge >= 0.3 is 6.03 Å². The van der Waals surface area contributed by atoms with Crippen LogP contribution in [0.15, 0.2) is 48.5 Å². The topological polar surface area (TPSA) is 61.4 Å². The molecule has 0 unspecified atom stereocenters. The molecule has 1 saturated heterocycles. The fraction of sp³-hybridized carbons (Fsp3) is 0.263. The third kappa shape index (κ3) is 3.63. The number of halogens is 1. The summed E-state index contributed by atoms with van der Waals surface area (Å²) in [4.78, 5) is 25.4. The summed E-state index contributed by atoms with van der Waals surface area (Å²) in [7, 11) is 0. The van der Waals surface area contributed by atoms with Gasteiger partial charge in [-0.2, -0.15) is 0 Å². The number of rotatable bonds is 3. The molecule has 5 nitrogen and oxygen atoms in total. The summed E-state index contributed by atoms with van der Waals surface area (Å²) in [6, 6.07) is 13.5. The highest BCUT2D eigenvalue weighted by molar-refractivity contribution is 5.93. The molecule has 1 fully saturated rings. The number of anilines is 2. The lowest BCUT2D eigenvalue weighted by atomic mass is 9.85. The largest absolute Gasteiger partial charge is 0.326 e. The average molecular weight is 341 g/mol. The van der Waals surface area contributed by atoms with Gasteiger partial charge in [0.2, 0.25) is 5.91 Å². The first-order valence-electron chi connectivity index (χ1n) is 8.15. The minimum absolute atomic E-state index is 0.0252. The van der Waals surface area contributed by atoms with Crippen LogP contribution in [-0.4, -0.2) is 23.4 Å². The molecule has 0 spiro atoms. The number of urea groups is 1. The van der Waals surface area contributed by atoms with E-state index in [2.05, 4.69) is 17.6 Å². The Labute approximate surface area is 145 Å². The van der Waals surface area contributed by atoms with Crippen LogP contribution in [0.3, 0.4) is 0 Å². The molecule has 0 aromatic heterocycles. The first-order valence-corrected chi connectivity index (χ1v) is 8.15. The van der Waals surface area contributed by atoms with Gasteiger partial charge in [0, 0.05) is 19.2 Å². The second kappa shape index (κ2) is 6.93. The van der Waals surface area contributed by atoms with Crippen LogP contribution >= 0.6 is 0 Å². The Morgan fingerprint density at radius 2 is 1.84 bits per heavy atom. The zero-order valence-corrected chi connectivity index (χ0v) is 14.1. The molecule has 2 aromatic rings. The summed E-state index contributed by atoms with van der Waals surface area (Å²) in [6.07, 6.45) is 0. The Morgan fingerprint density at radius 1 is 1.12 bits per heavy atom. The van der Waals surface area contributed by atoms with Gasteiger partial charge in [-0.3, -0.25) is 4.79 Å². The van der Waals surface area contributed by atoms with Crippen LogP contribution in [0.1, 0.15) is 25.5 Å². The average Bonchev–Trinajstić information content (AvgIpc) is 2.56. The molecule has 3 amide bonds. The van der Waals surface area contributed by atoms with E-state index in [4.69, 9.17) is 0 Å². The number of nitrogens with zero attached hydrogens (tertiary/aromatic N) is 1. The van der Waals surface area contributed by atoms with Crippen LogP contribution in [-0.2, 0) is 4.79 Å². The highest BCUT2D eigenvalue weighted by atomic mass is 19.1. The number of nitrogens with one attached hydrogen (secondary N) is 2. The summed E-state index contributed by atoms with van der Waals surface area (Å²) >= 11 is 0. The smallest absolute Gasteiger partial charge is 0.322 e. The van der Waals surface area contributed by atoms with Crippen molar-refractivity contribution in [2.24, 2.45) is 5.92 Å². The third-order valence-electron chi connectivity index (χ3n) is 4.29. The van der Waals surface area contributed by atoms with Gasteiger partial charge < -0.3 is 15.5 Å². The molecule has 1 aliphatic heterocycles. The van der Waals surface area contributed by atoms with Crippen molar-refractivity contribution in [2.75, 3.05) is 17.2 Å². The first kappa shape index (κ1) is 17.0. The van der Waals surface area contributed by atoms with Crippen molar-refractivity contribution in [3.8, 4) is 0 Å². The number of likely N-dealkylation sites (tertiary alicyclic amines) is 1. The monoisotopic (exact) mass is 341 g/mol. The summed E-state index contributed by atoms with van der Waals surface area (Å²) in [5.74, 6) is -0.472. The first-order chi connectivity index (χ1) is 12.0. The van der Waals surface area contributed by atoms with Crippen LogP contribution < -0.4 is 10.6 Å². The minimum Gasteiger partial charge on any atom is -0.326 e. The number of benzene rings is 2. The highest BCUT2D eigenvalue weighted by Crippen LogP contribution is 2.38. The van der Waals surface area contributed by atoms with Crippen molar-refractivity contribution in [3.63, 3.8) is 0 Å². The third-order valence-corrected chi connectivity index (χ3v) is 4.29. The summed E-state index contributed by atoms with van der Waals surface area (Å²) < 4.78 is 14.0. The fourth-order valence-corrected chi connectivity index (χ4v) is 3.15. The molecular formula is C19H20FN3O2. The predicted molar refractivity (Wildman–Crippen MR) is 94.8 cm³/mol. The minimum atomic E-state index is -0.549. The quantitative estimate of drug-likeness (QED) is 0.886. The SMILES string of the molecule is CC(=O)Nc1ccc(F)c(NC(=O)N2C[C@@H](C)[C@H]2c2ccccc2)c1. The van der Waals surface area contributed by atoms with Crippen molar-refractivity contribution >= 4 is 23.3 Å². The van der Waals surface area contributed by atoms with Gasteiger partial charge in [0.15, 0.2) is 0 Å². The van der Waals surface area contributed by atoms with Gasteiger partial charge in [-0.05, 0) is 29.7 Å². The van der Waals surface area contributed by atoms with Crippen LogP contribution in [0, 0.1) is 11.7 Å². The number of carbonyl (C=O) groups excluding carboxylic acids is 2. The van der Waals surface area contributed by atoms with Gasteiger partial charge in [0.05, 0.1) is 11.7 Å². The van der Waals surface area contributed by atoms with Crippen molar-refractivity contribution in [1.82, 2.24) is 4.90 Å². The Morgan fingerprint density at radius 3 is 2.48 bits per heavy atom. The van der Waals surface area contributed by atoms with E-state index in [1.54, 1.807) is 4.90 Å². The van der Waals surface area contributed by atoms with Crippen LogP contribution in [0.5, 0.6) is 0 Å². The summed E-state index contributed by atoms with van der Waals surface area (Å²) in [5.41, 5.74) is 1.53. The molecule has 25 heavy (non-hydrogen) atoms. The van der Waals surface area contributed by atoms with E-state index < -0.39 is 5.82 Å². The van der Waals surface area contributed by atoms with Gasteiger partial charge in [-0.1, -0.05) is 37.3 Å². The number of hydrogen-bond acceptors (Lipinski definition) is 2. The molecule has 2 aromatic carbocycles. The Hall–Kier alpha value is -2.89. The maximum atomic E-state index is 14.0. The van der Waals surface area contributed by atoms with Crippen molar-refractivity contribution in [1.29, 1.82) is 0 Å². The Kier molecular flexibility index (Phi) is 4.70. The number of hydrogen-bond donors (Lipinski definition) is 2. The van der Waals surface area contributed by atoms with E-state index in [0.29, 0.717) is 18.2 Å². The maximum Gasteiger partial charge on any atom is 0.322 e.